The topological polar surface area (TPSA) is 523 Å². The van der Waals surface area contributed by atoms with Gasteiger partial charge in [-0.25, -0.2) is 20.0 Å². The number of nitrogens with one attached hydrogen (secondary N) is 4. The Morgan fingerprint density at radius 3 is 0.688 bits per heavy atom. The van der Waals surface area contributed by atoms with Crippen molar-refractivity contribution in [3.63, 3.8) is 0 Å². The van der Waals surface area contributed by atoms with Crippen LogP contribution < -0.4 is 67.1 Å². The van der Waals surface area contributed by atoms with Crippen LogP contribution in [-0.4, -0.2) is 224 Å². The van der Waals surface area contributed by atoms with Gasteiger partial charge in [-0.2, -0.15) is 0 Å². The van der Waals surface area contributed by atoms with Gasteiger partial charge in [-0.1, -0.05) is 0 Å². The zero-order chi connectivity index (χ0) is 70.4. The van der Waals surface area contributed by atoms with Crippen LogP contribution in [0.25, 0.3) is 0 Å². The van der Waals surface area contributed by atoms with Crippen LogP contribution in [0.4, 0.5) is 22.7 Å². The minimum atomic E-state index is -0.691. The summed E-state index contributed by atoms with van der Waals surface area (Å²) >= 11 is 0. The average molecular weight is 1340 g/mol. The van der Waals surface area contributed by atoms with E-state index >= 15 is 0 Å². The summed E-state index contributed by atoms with van der Waals surface area (Å²) in [6.07, 6.45) is -1.71. The van der Waals surface area contributed by atoms with Crippen molar-refractivity contribution in [2.45, 2.75) is 52.1 Å². The Hall–Kier alpha value is -10.5. The lowest BCUT2D eigenvalue weighted by molar-refractivity contribution is -0.145. The van der Waals surface area contributed by atoms with Gasteiger partial charge in [-0.05, 0) is 125 Å². The van der Waals surface area contributed by atoms with Crippen molar-refractivity contribution >= 4 is 94.1 Å². The molecule has 4 rings (SSSR count). The number of nitrogens with zero attached hydrogens (tertiary/aromatic N) is 6. The van der Waals surface area contributed by atoms with E-state index in [9.17, 15) is 38.4 Å². The molecule has 522 valence electrons. The number of carbonyl (C=O) groups excluding carboxylic acids is 8. The predicted molar refractivity (Wildman–Crippen MR) is 355 cm³/mol. The van der Waals surface area contributed by atoms with E-state index in [0.717, 1.165) is 0 Å². The van der Waals surface area contributed by atoms with E-state index in [0.29, 0.717) is 62.0 Å². The standard InChI is InChI=1S/C62H88N18O16/c1-39(89-23-27-93-51(81)31-71-55(85)43-5-13-47(14-6-43)75-59(63)64)35-79(36-40(2)90-24-28-94-52(82)32-72-56(86)44-7-15-48(16-8-44)76-60(65)66)21-22-80(37-41(3)91-25-29-95-53(83)33-73-57(87)45-9-17-49(18-10-45)77-61(67)68)38-42(4)92-26-30-96-54(84)34-74-58(88)46-11-19-50(20-12-46)78-62(69)70/h5-20,39-42H,21-38H2,1-4H3,(H,71,85)(H,72,86)(H,73,87)(H,74,88)(H4,63,64,75)(H4,65,66,76)(H4,67,68,77)(H4,69,70,78). The molecule has 34 heteroatoms. The number of hydrogen-bond acceptors (Lipinski definition) is 22. The van der Waals surface area contributed by atoms with Crippen LogP contribution in [0.2, 0.25) is 0 Å². The molecule has 96 heavy (non-hydrogen) atoms. The van der Waals surface area contributed by atoms with E-state index < -0.39 is 98.1 Å². The lowest BCUT2D eigenvalue weighted by Gasteiger charge is -2.33. The molecular weight excluding hydrogens is 1250 g/mol. The molecule has 0 aliphatic heterocycles. The molecule has 4 aromatic carbocycles. The molecule has 0 aliphatic carbocycles. The second kappa shape index (κ2) is 42.7. The van der Waals surface area contributed by atoms with Gasteiger partial charge in [0.25, 0.3) is 23.6 Å². The van der Waals surface area contributed by atoms with E-state index in [2.05, 4.69) is 51.0 Å². The van der Waals surface area contributed by atoms with Gasteiger partial charge >= 0.3 is 23.9 Å². The summed E-state index contributed by atoms with van der Waals surface area (Å²) < 4.78 is 45.7. The highest BCUT2D eigenvalue weighted by molar-refractivity contribution is 5.98. The fourth-order valence-electron chi connectivity index (χ4n) is 8.65. The van der Waals surface area contributed by atoms with Gasteiger partial charge in [0.1, 0.15) is 52.6 Å². The zero-order valence-electron chi connectivity index (χ0n) is 54.1. The quantitative estimate of drug-likeness (QED) is 0.00808. The Balaban J connectivity index is 1.36. The van der Waals surface area contributed by atoms with Crippen LogP contribution in [-0.2, 0) is 57.1 Å². The van der Waals surface area contributed by atoms with Crippen LogP contribution in [0.1, 0.15) is 69.1 Å². The SMILES string of the molecule is CC(CN(CCN(CC(C)OCCOC(=O)CNC(=O)c1ccc(N=C(N)N)cc1)CC(C)OCCOC(=O)CNC(=O)c1ccc(N=C(N)N)cc1)CC(C)OCCOC(=O)CNC(=O)c1ccc(N=C(N)N)cc1)OCCOC(=O)CNC(=O)c1ccc(N=C(N)N)cc1. The van der Waals surface area contributed by atoms with Crippen LogP contribution in [0.15, 0.2) is 117 Å². The fraction of sp³-hybridized carbons (Fsp3) is 0.419. The normalized spacial score (nSPS) is 12.1. The fourth-order valence-corrected chi connectivity index (χ4v) is 8.65. The predicted octanol–water partition coefficient (Wildman–Crippen LogP) is -1.28. The molecule has 34 nitrogen and oxygen atoms in total. The number of esters is 4. The third-order valence-electron chi connectivity index (χ3n) is 12.9. The van der Waals surface area contributed by atoms with Gasteiger partial charge in [0, 0.05) is 61.5 Å². The molecule has 0 radical (unpaired) electrons. The van der Waals surface area contributed by atoms with Crippen LogP contribution in [0.3, 0.4) is 0 Å². The molecule has 4 unspecified atom stereocenters. The number of benzene rings is 4. The lowest BCUT2D eigenvalue weighted by atomic mass is 10.2. The molecule has 0 heterocycles. The van der Waals surface area contributed by atoms with E-state index in [1.807, 2.05) is 27.7 Å². The molecule has 0 bridgehead atoms. The number of amides is 4. The molecule has 4 amide bonds. The number of nitrogens with two attached hydrogens (primary N) is 8. The molecule has 4 aromatic rings. The maximum Gasteiger partial charge on any atom is 0.325 e. The van der Waals surface area contributed by atoms with Crippen molar-refractivity contribution in [1.29, 1.82) is 0 Å². The number of carbonyl (C=O) groups is 8. The van der Waals surface area contributed by atoms with E-state index in [1.54, 1.807) is 48.5 Å². The molecule has 0 fully saturated rings. The lowest BCUT2D eigenvalue weighted by Crippen LogP contribution is -2.46. The second-order valence-corrected chi connectivity index (χ2v) is 21.2. The van der Waals surface area contributed by atoms with Crippen molar-refractivity contribution in [3.8, 4) is 0 Å². The van der Waals surface area contributed by atoms with Gasteiger partial charge in [-0.15, -0.1) is 0 Å². The molecule has 0 saturated heterocycles. The summed E-state index contributed by atoms with van der Waals surface area (Å²) in [5.74, 6) is -5.39. The largest absolute Gasteiger partial charge is 0.462 e. The number of guanidine groups is 4. The van der Waals surface area contributed by atoms with Gasteiger partial charge < -0.3 is 105 Å². The second-order valence-electron chi connectivity index (χ2n) is 21.2. The summed E-state index contributed by atoms with van der Waals surface area (Å²) in [6, 6.07) is 24.4. The van der Waals surface area contributed by atoms with Crippen LogP contribution in [0, 0.1) is 0 Å². The smallest absolute Gasteiger partial charge is 0.325 e. The Morgan fingerprint density at radius 1 is 0.323 bits per heavy atom. The van der Waals surface area contributed by atoms with Crippen molar-refractivity contribution < 1.29 is 76.3 Å². The Morgan fingerprint density at radius 2 is 0.510 bits per heavy atom. The monoisotopic (exact) mass is 1340 g/mol. The number of ether oxygens (including phenoxy) is 8. The van der Waals surface area contributed by atoms with Gasteiger partial charge in [0.05, 0.1) is 73.6 Å². The molecule has 0 aromatic heterocycles. The third-order valence-corrected chi connectivity index (χ3v) is 12.9. The molecule has 20 N–H and O–H groups in total. The van der Waals surface area contributed by atoms with E-state index in [-0.39, 0.29) is 98.9 Å². The maximum atomic E-state index is 12.7. The molecule has 0 saturated carbocycles. The zero-order valence-corrected chi connectivity index (χ0v) is 54.1. The summed E-state index contributed by atoms with van der Waals surface area (Å²) in [6.45, 7) is 7.62. The van der Waals surface area contributed by atoms with Crippen molar-refractivity contribution in [2.24, 2.45) is 65.8 Å². The van der Waals surface area contributed by atoms with Crippen molar-refractivity contribution in [1.82, 2.24) is 31.1 Å². The summed E-state index contributed by atoms with van der Waals surface area (Å²) in [7, 11) is 0. The van der Waals surface area contributed by atoms with Crippen molar-refractivity contribution in [3.05, 3.63) is 119 Å². The highest BCUT2D eigenvalue weighted by Crippen LogP contribution is 2.16. The van der Waals surface area contributed by atoms with E-state index in [4.69, 9.17) is 83.8 Å². The van der Waals surface area contributed by atoms with Gasteiger partial charge in [0.2, 0.25) is 0 Å². The summed E-state index contributed by atoms with van der Waals surface area (Å²) in [4.78, 5) is 121. The summed E-state index contributed by atoms with van der Waals surface area (Å²) in [5.41, 5.74) is 46.2. The molecule has 4 atom stereocenters. The van der Waals surface area contributed by atoms with Gasteiger partial charge in [-0.3, -0.25) is 48.2 Å². The first-order chi connectivity index (χ1) is 45.8. The number of rotatable bonds is 43. The first-order valence-electron chi connectivity index (χ1n) is 30.3. The maximum absolute atomic E-state index is 12.7. The highest BCUT2D eigenvalue weighted by Gasteiger charge is 2.22. The Labute approximate surface area is 555 Å². The van der Waals surface area contributed by atoms with Crippen LogP contribution >= 0.6 is 0 Å². The average Bonchev–Trinajstić information content (AvgIpc) is 1.76. The van der Waals surface area contributed by atoms with Gasteiger partial charge in [0.15, 0.2) is 23.8 Å². The van der Waals surface area contributed by atoms with Crippen molar-refractivity contribution in [2.75, 3.05) is 118 Å². The third kappa shape index (κ3) is 33.4. The Kier molecular flexibility index (Phi) is 34.6. The minimum absolute atomic E-state index is 0.0165. The highest BCUT2D eigenvalue weighted by atomic mass is 16.6. The first-order valence-corrected chi connectivity index (χ1v) is 30.3. The molecular formula is C62H88N18O16. The minimum Gasteiger partial charge on any atom is -0.462 e. The molecule has 0 spiro atoms. The Bertz CT molecular complexity index is 2820. The first kappa shape index (κ1) is 77.9. The molecule has 0 aliphatic rings. The summed E-state index contributed by atoms with van der Waals surface area (Å²) in [5, 5.41) is 10.0. The number of hydrogen-bond donors (Lipinski definition) is 12. The number of aliphatic imine (C=N–C) groups is 4. The van der Waals surface area contributed by atoms with E-state index in [1.165, 1.54) is 48.5 Å². The van der Waals surface area contributed by atoms with Crippen LogP contribution in [0.5, 0.6) is 0 Å².